The first kappa shape index (κ1) is 18.5. The van der Waals surface area contributed by atoms with Crippen LogP contribution in [0, 0.1) is 20.2 Å². The summed E-state index contributed by atoms with van der Waals surface area (Å²) in [5.41, 5.74) is 1.37. The van der Waals surface area contributed by atoms with E-state index in [1.54, 1.807) is 30.3 Å². The molecular formula is C18H12N4O6. The average molecular weight is 380 g/mol. The summed E-state index contributed by atoms with van der Waals surface area (Å²) in [7, 11) is 0. The lowest BCUT2D eigenvalue weighted by Crippen LogP contribution is -2.18. The molecule has 0 saturated heterocycles. The monoisotopic (exact) mass is 380 g/mol. The lowest BCUT2D eigenvalue weighted by atomic mass is 10.1. The number of fused-ring (bicyclic) bond motifs is 1. The van der Waals surface area contributed by atoms with E-state index in [1.807, 2.05) is 6.07 Å². The molecule has 140 valence electrons. The highest BCUT2D eigenvalue weighted by Crippen LogP contribution is 2.23. The van der Waals surface area contributed by atoms with Crippen molar-refractivity contribution in [2.45, 2.75) is 0 Å². The summed E-state index contributed by atoms with van der Waals surface area (Å²) in [5, 5.41) is 36.8. The maximum atomic E-state index is 12.2. The minimum atomic E-state index is -0.842. The molecule has 1 amide bonds. The predicted molar refractivity (Wildman–Crippen MR) is 100 cm³/mol. The molecule has 28 heavy (non-hydrogen) atoms. The Morgan fingerprint density at radius 1 is 1.00 bits per heavy atom. The Balaban J connectivity index is 1.86. The van der Waals surface area contributed by atoms with Crippen LogP contribution in [0.1, 0.15) is 15.9 Å². The van der Waals surface area contributed by atoms with Crippen molar-refractivity contribution in [1.82, 2.24) is 5.43 Å². The van der Waals surface area contributed by atoms with E-state index in [0.717, 1.165) is 23.6 Å². The number of phenolic OH excluding ortho intramolecular Hbond substituents is 1. The van der Waals surface area contributed by atoms with Crippen molar-refractivity contribution in [3.05, 3.63) is 86.0 Å². The molecule has 0 aliphatic carbocycles. The molecule has 0 aliphatic heterocycles. The number of nitro benzene ring substituents is 2. The van der Waals surface area contributed by atoms with Crippen LogP contribution in [0.15, 0.2) is 59.7 Å². The van der Waals surface area contributed by atoms with E-state index in [0.29, 0.717) is 10.9 Å². The second kappa shape index (κ2) is 7.50. The van der Waals surface area contributed by atoms with Gasteiger partial charge in [0.05, 0.1) is 27.7 Å². The van der Waals surface area contributed by atoms with Gasteiger partial charge >= 0.3 is 0 Å². The SMILES string of the molecule is O=C(N/N=C\c1cccc2ccc(O)cc12)c1cc([N+](=O)[O-])cc([N+](=O)[O-])c1. The first-order chi connectivity index (χ1) is 13.3. The lowest BCUT2D eigenvalue weighted by Gasteiger charge is -2.03. The normalized spacial score (nSPS) is 10.9. The van der Waals surface area contributed by atoms with Crippen LogP contribution in [-0.2, 0) is 0 Å². The van der Waals surface area contributed by atoms with Gasteiger partial charge in [0.1, 0.15) is 5.75 Å². The second-order valence-corrected chi connectivity index (χ2v) is 5.70. The summed E-state index contributed by atoms with van der Waals surface area (Å²) >= 11 is 0. The van der Waals surface area contributed by atoms with Crippen LogP contribution in [0.4, 0.5) is 11.4 Å². The standard InChI is InChI=1S/C18H12N4O6/c23-16-5-4-11-2-1-3-12(17(11)9-16)10-19-20-18(24)13-6-14(21(25)26)8-15(7-13)22(27)28/h1-10,23H,(H,20,24)/b19-10-. The number of non-ortho nitro benzene ring substituents is 2. The van der Waals surface area contributed by atoms with Gasteiger partial charge in [-0.05, 0) is 22.9 Å². The number of benzene rings is 3. The molecule has 0 atom stereocenters. The molecule has 3 aromatic carbocycles. The number of aromatic hydroxyl groups is 1. The summed E-state index contributed by atoms with van der Waals surface area (Å²) in [5.74, 6) is -0.771. The molecule has 0 radical (unpaired) electrons. The summed E-state index contributed by atoms with van der Waals surface area (Å²) in [4.78, 5) is 32.4. The van der Waals surface area contributed by atoms with Crippen LogP contribution < -0.4 is 5.43 Å². The van der Waals surface area contributed by atoms with Gasteiger partial charge in [-0.25, -0.2) is 5.43 Å². The van der Waals surface area contributed by atoms with Crippen molar-refractivity contribution < 1.29 is 19.7 Å². The number of phenols is 1. The molecule has 2 N–H and O–H groups in total. The van der Waals surface area contributed by atoms with E-state index >= 15 is 0 Å². The largest absolute Gasteiger partial charge is 0.508 e. The van der Waals surface area contributed by atoms with Crippen LogP contribution in [0.2, 0.25) is 0 Å². The second-order valence-electron chi connectivity index (χ2n) is 5.70. The number of nitro groups is 2. The molecule has 0 aromatic heterocycles. The highest BCUT2D eigenvalue weighted by molar-refractivity contribution is 6.01. The Morgan fingerprint density at radius 2 is 1.68 bits per heavy atom. The van der Waals surface area contributed by atoms with Crippen molar-refractivity contribution in [1.29, 1.82) is 0 Å². The quantitative estimate of drug-likeness (QED) is 0.395. The molecule has 0 saturated carbocycles. The zero-order valence-electron chi connectivity index (χ0n) is 14.1. The number of nitrogens with zero attached hydrogens (tertiary/aromatic N) is 3. The first-order valence-electron chi connectivity index (χ1n) is 7.84. The number of nitrogens with one attached hydrogen (secondary N) is 1. The molecule has 0 spiro atoms. The van der Waals surface area contributed by atoms with Gasteiger partial charge < -0.3 is 5.11 Å². The van der Waals surface area contributed by atoms with E-state index in [1.165, 1.54) is 6.21 Å². The van der Waals surface area contributed by atoms with Crippen LogP contribution in [0.3, 0.4) is 0 Å². The predicted octanol–water partition coefficient (Wildman–Crippen LogP) is 3.13. The molecule has 3 aromatic rings. The number of hydrazone groups is 1. The molecule has 0 bridgehead atoms. The van der Waals surface area contributed by atoms with Gasteiger partial charge in [0, 0.05) is 17.7 Å². The smallest absolute Gasteiger partial charge is 0.277 e. The summed E-state index contributed by atoms with van der Waals surface area (Å²) in [6, 6.07) is 12.8. The number of carbonyl (C=O) groups excluding carboxylic acids is 1. The Bertz CT molecular complexity index is 1110. The number of carbonyl (C=O) groups is 1. The Hall–Kier alpha value is -4.34. The lowest BCUT2D eigenvalue weighted by molar-refractivity contribution is -0.394. The summed E-state index contributed by atoms with van der Waals surface area (Å²) < 4.78 is 0. The molecule has 0 aliphatic rings. The summed E-state index contributed by atoms with van der Waals surface area (Å²) in [6.07, 6.45) is 1.34. The van der Waals surface area contributed by atoms with E-state index in [4.69, 9.17) is 0 Å². The fraction of sp³-hybridized carbons (Fsp3) is 0. The minimum Gasteiger partial charge on any atom is -0.508 e. The van der Waals surface area contributed by atoms with Crippen LogP contribution in [-0.4, -0.2) is 27.1 Å². The molecule has 0 fully saturated rings. The first-order valence-corrected chi connectivity index (χ1v) is 7.84. The van der Waals surface area contributed by atoms with Gasteiger partial charge in [0.25, 0.3) is 17.3 Å². The van der Waals surface area contributed by atoms with Gasteiger partial charge in [0.2, 0.25) is 0 Å². The van der Waals surface area contributed by atoms with Crippen molar-refractivity contribution >= 4 is 34.3 Å². The van der Waals surface area contributed by atoms with Crippen molar-refractivity contribution in [3.63, 3.8) is 0 Å². The molecule has 3 rings (SSSR count). The van der Waals surface area contributed by atoms with Gasteiger partial charge in [-0.15, -0.1) is 0 Å². The molecule has 0 heterocycles. The van der Waals surface area contributed by atoms with Crippen molar-refractivity contribution in [3.8, 4) is 5.75 Å². The molecular weight excluding hydrogens is 368 g/mol. The zero-order chi connectivity index (χ0) is 20.3. The minimum absolute atomic E-state index is 0.0706. The third kappa shape index (κ3) is 3.90. The highest BCUT2D eigenvalue weighted by atomic mass is 16.6. The molecule has 0 unspecified atom stereocenters. The maximum absolute atomic E-state index is 12.2. The van der Waals surface area contributed by atoms with Crippen LogP contribution >= 0.6 is 0 Å². The number of hydrogen-bond acceptors (Lipinski definition) is 7. The Morgan fingerprint density at radius 3 is 2.32 bits per heavy atom. The maximum Gasteiger partial charge on any atom is 0.277 e. The van der Waals surface area contributed by atoms with Crippen molar-refractivity contribution in [2.24, 2.45) is 5.10 Å². The van der Waals surface area contributed by atoms with Crippen molar-refractivity contribution in [2.75, 3.05) is 0 Å². The van der Waals surface area contributed by atoms with Crippen LogP contribution in [0.5, 0.6) is 5.75 Å². The van der Waals surface area contributed by atoms with Gasteiger partial charge in [-0.3, -0.25) is 25.0 Å². The average Bonchev–Trinajstić information content (AvgIpc) is 2.67. The number of amides is 1. The number of rotatable bonds is 5. The zero-order valence-corrected chi connectivity index (χ0v) is 14.1. The summed E-state index contributed by atoms with van der Waals surface area (Å²) in [6.45, 7) is 0. The van der Waals surface area contributed by atoms with Gasteiger partial charge in [0.15, 0.2) is 0 Å². The fourth-order valence-corrected chi connectivity index (χ4v) is 2.56. The topological polar surface area (TPSA) is 148 Å². The fourth-order valence-electron chi connectivity index (χ4n) is 2.56. The highest BCUT2D eigenvalue weighted by Gasteiger charge is 2.19. The number of hydrogen-bond donors (Lipinski definition) is 2. The molecule has 10 nitrogen and oxygen atoms in total. The molecule has 10 heteroatoms. The van der Waals surface area contributed by atoms with E-state index in [-0.39, 0.29) is 11.3 Å². The van der Waals surface area contributed by atoms with E-state index in [2.05, 4.69) is 10.5 Å². The third-order valence-corrected chi connectivity index (χ3v) is 3.86. The van der Waals surface area contributed by atoms with E-state index < -0.39 is 27.1 Å². The van der Waals surface area contributed by atoms with E-state index in [9.17, 15) is 30.1 Å². The third-order valence-electron chi connectivity index (χ3n) is 3.86. The van der Waals surface area contributed by atoms with Gasteiger partial charge in [-0.1, -0.05) is 24.3 Å². The van der Waals surface area contributed by atoms with Crippen LogP contribution in [0.25, 0.3) is 10.8 Å². The Labute approximate surface area is 157 Å². The Kier molecular flexibility index (Phi) is 4.94. The van der Waals surface area contributed by atoms with Gasteiger partial charge in [-0.2, -0.15) is 5.10 Å².